The number of hydrogen-bond acceptors (Lipinski definition) is 4. The number of imide groups is 1. The molecule has 0 N–H and O–H groups in total. The maximum absolute atomic E-state index is 12.8. The van der Waals surface area contributed by atoms with Crippen LogP contribution >= 0.6 is 23.2 Å². The van der Waals surface area contributed by atoms with Crippen LogP contribution in [0.15, 0.2) is 51.5 Å². The van der Waals surface area contributed by atoms with Gasteiger partial charge >= 0.3 is 0 Å². The number of carbonyl (C=O) groups is 2. The normalized spacial score (nSPS) is 16.3. The monoisotopic (exact) mass is 414 g/mol. The highest BCUT2D eigenvalue weighted by atomic mass is 35.5. The zero-order valence-electron chi connectivity index (χ0n) is 15.4. The molecular formula is C21H16Cl2N2O3. The first-order valence-corrected chi connectivity index (χ1v) is 9.26. The summed E-state index contributed by atoms with van der Waals surface area (Å²) in [7, 11) is 0. The Kier molecular flexibility index (Phi) is 5.46. The van der Waals surface area contributed by atoms with Gasteiger partial charge in [0.15, 0.2) is 0 Å². The third kappa shape index (κ3) is 3.49. The Hall–Kier alpha value is -2.81. The highest BCUT2D eigenvalue weighted by Crippen LogP contribution is 2.33. The molecule has 0 saturated heterocycles. The Balaban J connectivity index is 2.06. The van der Waals surface area contributed by atoms with Crippen LogP contribution in [0.1, 0.15) is 26.5 Å². The fourth-order valence-corrected chi connectivity index (χ4v) is 3.48. The molecule has 2 aromatic rings. The molecule has 5 nitrogen and oxygen atoms in total. The third-order valence-corrected chi connectivity index (χ3v) is 4.95. The lowest BCUT2D eigenvalue weighted by Crippen LogP contribution is -2.46. The lowest BCUT2D eigenvalue weighted by Gasteiger charge is -2.30. The molecule has 2 heterocycles. The van der Waals surface area contributed by atoms with Gasteiger partial charge < -0.3 is 4.42 Å². The topological polar surface area (TPSA) is 74.3 Å². The Bertz CT molecular complexity index is 1090. The number of amides is 2. The van der Waals surface area contributed by atoms with Crippen molar-refractivity contribution in [1.29, 1.82) is 5.26 Å². The van der Waals surface area contributed by atoms with Crippen LogP contribution in [0, 0.1) is 11.3 Å². The molecule has 0 bridgehead atoms. The van der Waals surface area contributed by atoms with E-state index in [1.807, 2.05) is 6.07 Å². The molecule has 3 rings (SSSR count). The highest BCUT2D eigenvalue weighted by Gasteiger charge is 2.37. The van der Waals surface area contributed by atoms with Gasteiger partial charge in [0.1, 0.15) is 23.2 Å². The molecule has 142 valence electrons. The van der Waals surface area contributed by atoms with Crippen molar-refractivity contribution in [1.82, 2.24) is 4.90 Å². The summed E-state index contributed by atoms with van der Waals surface area (Å²) in [4.78, 5) is 26.3. The van der Waals surface area contributed by atoms with Gasteiger partial charge in [0.25, 0.3) is 11.8 Å². The number of nitriles is 1. The summed E-state index contributed by atoms with van der Waals surface area (Å²) in [5.41, 5.74) is 1.19. The third-order valence-electron chi connectivity index (χ3n) is 4.40. The van der Waals surface area contributed by atoms with Crippen molar-refractivity contribution in [2.24, 2.45) is 0 Å². The summed E-state index contributed by atoms with van der Waals surface area (Å²) >= 11 is 12.1. The summed E-state index contributed by atoms with van der Waals surface area (Å²) in [6.07, 6.45) is 1.53. The Morgan fingerprint density at radius 2 is 1.86 bits per heavy atom. The molecule has 1 aliphatic heterocycles. The Morgan fingerprint density at radius 1 is 1.14 bits per heavy atom. The molecule has 0 saturated carbocycles. The van der Waals surface area contributed by atoms with Gasteiger partial charge in [-0.3, -0.25) is 14.5 Å². The standard InChI is InChI=1S/C21H16Cl2N2O3/c1-11(2)25-20(26)16(12(3)17(10-24)21(25)27)9-14-5-7-19(28-14)15-6-4-13(22)8-18(15)23/h4-9,11H,1-3H3/b16-9+. The van der Waals surface area contributed by atoms with Crippen LogP contribution in [0.4, 0.5) is 0 Å². The van der Waals surface area contributed by atoms with E-state index in [4.69, 9.17) is 27.6 Å². The predicted molar refractivity (Wildman–Crippen MR) is 107 cm³/mol. The van der Waals surface area contributed by atoms with E-state index in [9.17, 15) is 14.9 Å². The summed E-state index contributed by atoms with van der Waals surface area (Å²) in [5.74, 6) is -0.126. The average molecular weight is 415 g/mol. The van der Waals surface area contributed by atoms with E-state index in [-0.39, 0.29) is 17.2 Å². The quantitative estimate of drug-likeness (QED) is 0.507. The van der Waals surface area contributed by atoms with E-state index in [0.717, 1.165) is 4.90 Å². The number of halogens is 2. The lowest BCUT2D eigenvalue weighted by molar-refractivity contribution is -0.142. The van der Waals surface area contributed by atoms with E-state index in [1.165, 1.54) is 6.08 Å². The summed E-state index contributed by atoms with van der Waals surface area (Å²) in [6, 6.07) is 10.00. The second-order valence-corrected chi connectivity index (χ2v) is 7.41. The summed E-state index contributed by atoms with van der Waals surface area (Å²) in [5, 5.41) is 10.3. The number of benzene rings is 1. The molecule has 1 aromatic carbocycles. The Labute approximate surface area is 172 Å². The van der Waals surface area contributed by atoms with Crippen molar-refractivity contribution in [3.63, 3.8) is 0 Å². The van der Waals surface area contributed by atoms with Crippen LogP contribution in [0.2, 0.25) is 10.0 Å². The fraction of sp³-hybridized carbons (Fsp3) is 0.190. The van der Waals surface area contributed by atoms with Gasteiger partial charge in [-0.15, -0.1) is 0 Å². The number of hydrogen-bond donors (Lipinski definition) is 0. The minimum Gasteiger partial charge on any atom is -0.457 e. The molecule has 1 aliphatic rings. The van der Waals surface area contributed by atoms with Crippen molar-refractivity contribution in [3.8, 4) is 17.4 Å². The number of rotatable bonds is 3. The summed E-state index contributed by atoms with van der Waals surface area (Å²) < 4.78 is 5.82. The first-order chi connectivity index (χ1) is 13.2. The van der Waals surface area contributed by atoms with E-state index in [0.29, 0.717) is 32.7 Å². The molecule has 1 aromatic heterocycles. The molecule has 0 atom stereocenters. The molecular weight excluding hydrogens is 399 g/mol. The SMILES string of the molecule is CC1=C(C#N)C(=O)N(C(C)C)C(=O)/C1=C/c1ccc(-c2ccc(Cl)cc2Cl)o1. The van der Waals surface area contributed by atoms with E-state index in [2.05, 4.69) is 0 Å². The lowest BCUT2D eigenvalue weighted by atomic mass is 9.94. The smallest absolute Gasteiger partial charge is 0.271 e. The largest absolute Gasteiger partial charge is 0.457 e. The van der Waals surface area contributed by atoms with Crippen LogP contribution in [-0.4, -0.2) is 22.8 Å². The summed E-state index contributed by atoms with van der Waals surface area (Å²) in [6.45, 7) is 5.02. The molecule has 0 aliphatic carbocycles. The van der Waals surface area contributed by atoms with E-state index >= 15 is 0 Å². The molecule has 2 amide bonds. The first kappa shape index (κ1) is 19.9. The molecule has 0 spiro atoms. The van der Waals surface area contributed by atoms with Crippen molar-refractivity contribution in [3.05, 3.63) is 62.9 Å². The van der Waals surface area contributed by atoms with Gasteiger partial charge in [0.05, 0.1) is 5.02 Å². The molecule has 28 heavy (non-hydrogen) atoms. The number of furan rings is 1. The van der Waals surface area contributed by atoms with Gasteiger partial charge in [0.2, 0.25) is 0 Å². The van der Waals surface area contributed by atoms with Crippen molar-refractivity contribution < 1.29 is 14.0 Å². The van der Waals surface area contributed by atoms with Crippen molar-refractivity contribution >= 4 is 41.1 Å². The van der Waals surface area contributed by atoms with Crippen LogP contribution < -0.4 is 0 Å². The van der Waals surface area contributed by atoms with E-state index < -0.39 is 11.8 Å². The van der Waals surface area contributed by atoms with E-state index in [1.54, 1.807) is 51.1 Å². The maximum atomic E-state index is 12.8. The van der Waals surface area contributed by atoms with Crippen molar-refractivity contribution in [2.75, 3.05) is 0 Å². The van der Waals surface area contributed by atoms with Gasteiger partial charge in [-0.25, -0.2) is 0 Å². The first-order valence-electron chi connectivity index (χ1n) is 8.50. The minimum absolute atomic E-state index is 0.0490. The highest BCUT2D eigenvalue weighted by molar-refractivity contribution is 6.36. The van der Waals surface area contributed by atoms with Crippen molar-refractivity contribution in [2.45, 2.75) is 26.8 Å². The minimum atomic E-state index is -0.578. The predicted octanol–water partition coefficient (Wildman–Crippen LogP) is 5.25. The zero-order chi connectivity index (χ0) is 20.6. The Morgan fingerprint density at radius 3 is 2.46 bits per heavy atom. The van der Waals surface area contributed by atoms with Crippen LogP contribution in [0.3, 0.4) is 0 Å². The molecule has 0 fully saturated rings. The number of nitrogens with zero attached hydrogens (tertiary/aromatic N) is 2. The van der Waals surface area contributed by atoms with Gasteiger partial charge in [-0.1, -0.05) is 23.2 Å². The average Bonchev–Trinajstić information content (AvgIpc) is 3.07. The zero-order valence-corrected chi connectivity index (χ0v) is 16.9. The number of carbonyl (C=O) groups excluding carboxylic acids is 2. The van der Waals surface area contributed by atoms with Gasteiger partial charge in [0, 0.05) is 22.2 Å². The fourth-order valence-electron chi connectivity index (χ4n) is 2.98. The molecule has 0 unspecified atom stereocenters. The maximum Gasteiger partial charge on any atom is 0.271 e. The van der Waals surface area contributed by atoms with Crippen LogP contribution in [0.25, 0.3) is 17.4 Å². The second-order valence-electron chi connectivity index (χ2n) is 6.57. The van der Waals surface area contributed by atoms with Gasteiger partial charge in [-0.05, 0) is 62.8 Å². The van der Waals surface area contributed by atoms with Gasteiger partial charge in [-0.2, -0.15) is 5.26 Å². The van der Waals surface area contributed by atoms with Crippen LogP contribution in [0.5, 0.6) is 0 Å². The molecule has 7 heteroatoms. The molecule has 0 radical (unpaired) electrons. The second kappa shape index (κ2) is 7.67. The van der Waals surface area contributed by atoms with Crippen LogP contribution in [-0.2, 0) is 9.59 Å².